The van der Waals surface area contributed by atoms with Crippen molar-refractivity contribution in [2.45, 2.75) is 69.1 Å². The van der Waals surface area contributed by atoms with Crippen molar-refractivity contribution in [1.82, 2.24) is 9.47 Å². The van der Waals surface area contributed by atoms with E-state index >= 15 is 0 Å². The van der Waals surface area contributed by atoms with Crippen LogP contribution in [0.1, 0.15) is 84.0 Å². The maximum absolute atomic E-state index is 14.7. The summed E-state index contributed by atoms with van der Waals surface area (Å²) in [5.41, 5.74) is 5.19. The lowest BCUT2D eigenvalue weighted by Crippen LogP contribution is -2.46. The van der Waals surface area contributed by atoms with Gasteiger partial charge in [-0.15, -0.1) is 0 Å². The molecule has 0 radical (unpaired) electrons. The number of piperidine rings is 1. The largest absolute Gasteiger partial charge is 0.493 e. The number of halogens is 3. The van der Waals surface area contributed by atoms with E-state index in [4.69, 9.17) is 9.47 Å². The number of hydrogen-bond acceptors (Lipinski definition) is 4. The van der Waals surface area contributed by atoms with Crippen molar-refractivity contribution in [3.63, 3.8) is 0 Å². The van der Waals surface area contributed by atoms with Gasteiger partial charge >= 0.3 is 6.18 Å². The van der Waals surface area contributed by atoms with Gasteiger partial charge in [-0.3, -0.25) is 4.79 Å². The lowest BCUT2D eigenvalue weighted by atomic mass is 9.87. The second kappa shape index (κ2) is 16.1. The van der Waals surface area contributed by atoms with E-state index in [0.29, 0.717) is 17.1 Å². The van der Waals surface area contributed by atoms with E-state index in [-0.39, 0.29) is 23.9 Å². The molecule has 3 heterocycles. The first-order valence-electron chi connectivity index (χ1n) is 19.8. The zero-order chi connectivity index (χ0) is 38.8. The van der Waals surface area contributed by atoms with Crippen LogP contribution < -0.4 is 14.4 Å². The summed E-state index contributed by atoms with van der Waals surface area (Å²) in [5, 5.41) is 2.44. The molecule has 2 aliphatic rings. The van der Waals surface area contributed by atoms with Gasteiger partial charge < -0.3 is 23.8 Å². The summed E-state index contributed by atoms with van der Waals surface area (Å²) in [6.07, 6.45) is 2.02. The predicted molar refractivity (Wildman–Crippen MR) is 217 cm³/mol. The topological polar surface area (TPSA) is 46.9 Å². The van der Waals surface area contributed by atoms with Crippen LogP contribution in [0.15, 0.2) is 115 Å². The number of carbonyl (C=O) groups excluding carboxylic acids is 1. The van der Waals surface area contributed by atoms with Crippen molar-refractivity contribution < 1.29 is 27.4 Å². The fraction of sp³-hybridized carbons (Fsp3) is 0.340. The fourth-order valence-corrected chi connectivity index (χ4v) is 9.19. The van der Waals surface area contributed by atoms with Crippen molar-refractivity contribution in [3.8, 4) is 11.5 Å². The molecule has 0 aliphatic carbocycles. The molecule has 0 spiro atoms. The van der Waals surface area contributed by atoms with Crippen LogP contribution in [0.4, 0.5) is 18.9 Å². The Hall–Kier alpha value is -5.28. The molecule has 290 valence electrons. The van der Waals surface area contributed by atoms with Crippen molar-refractivity contribution >= 4 is 33.4 Å². The quantitative estimate of drug-likeness (QED) is 0.123. The molecule has 0 saturated carbocycles. The Labute approximate surface area is 326 Å². The summed E-state index contributed by atoms with van der Waals surface area (Å²) < 4.78 is 53.6. The number of para-hydroxylation sites is 3. The predicted octanol–water partition coefficient (Wildman–Crippen LogP) is 11.3. The molecule has 0 N–H and O–H groups in total. The first-order chi connectivity index (χ1) is 27.2. The molecule has 56 heavy (non-hydrogen) atoms. The van der Waals surface area contributed by atoms with Crippen LogP contribution in [-0.2, 0) is 6.18 Å². The van der Waals surface area contributed by atoms with E-state index in [9.17, 15) is 18.0 Å². The Bertz CT molecular complexity index is 2270. The maximum atomic E-state index is 14.7. The molecule has 5 aromatic carbocycles. The van der Waals surface area contributed by atoms with E-state index in [1.807, 2.05) is 23.1 Å². The average Bonchev–Trinajstić information content (AvgIpc) is 3.57. The molecule has 2 atom stereocenters. The van der Waals surface area contributed by atoms with Gasteiger partial charge in [-0.1, -0.05) is 85.6 Å². The van der Waals surface area contributed by atoms with Crippen LogP contribution in [-0.4, -0.2) is 55.3 Å². The molecule has 1 amide bonds. The van der Waals surface area contributed by atoms with Crippen molar-refractivity contribution in [2.75, 3.05) is 38.8 Å². The smallest absolute Gasteiger partial charge is 0.416 e. The number of methoxy groups -OCH3 is 2. The number of unbranched alkanes of at least 4 members (excludes halogenated alkanes) is 2. The van der Waals surface area contributed by atoms with Crippen LogP contribution in [0.3, 0.4) is 0 Å². The normalized spacial score (nSPS) is 18.0. The van der Waals surface area contributed by atoms with Gasteiger partial charge in [-0.2, -0.15) is 13.2 Å². The monoisotopic (exact) mass is 759 g/mol. The number of anilines is 1. The number of fused-ring (bicyclic) bond motifs is 4. The number of rotatable bonds is 11. The van der Waals surface area contributed by atoms with Gasteiger partial charge in [0.05, 0.1) is 25.8 Å². The van der Waals surface area contributed by atoms with E-state index in [0.717, 1.165) is 87.5 Å². The van der Waals surface area contributed by atoms with Crippen molar-refractivity contribution in [3.05, 3.63) is 138 Å². The van der Waals surface area contributed by atoms with Crippen LogP contribution >= 0.6 is 0 Å². The summed E-state index contributed by atoms with van der Waals surface area (Å²) in [5.74, 6) is 1.18. The molecular weight excluding hydrogens is 712 g/mol. The molecule has 2 aliphatic heterocycles. The SMILES string of the molecule is COc1ccc(C(=O)N2c3ccccc3C(n3c4ccccc4c4ccccc43)CC2CCCCCN2CCC(c3cccc(C(F)(F)F)c3)CC2)cc1OC. The summed E-state index contributed by atoms with van der Waals surface area (Å²) in [4.78, 5) is 19.2. The number of carbonyl (C=O) groups is 1. The van der Waals surface area contributed by atoms with Crippen LogP contribution in [0, 0.1) is 0 Å². The molecule has 0 bridgehead atoms. The molecule has 6 nitrogen and oxygen atoms in total. The highest BCUT2D eigenvalue weighted by molar-refractivity contribution is 6.09. The highest BCUT2D eigenvalue weighted by Crippen LogP contribution is 2.45. The first kappa shape index (κ1) is 37.6. The molecule has 1 aromatic heterocycles. The standard InChI is InChI=1S/C47H48F3N3O3/c1-55-44-23-22-34(30-45(44)56-2)46(54)52-36(15-4-3-11-26-51-27-24-32(25-28-51)33-13-12-14-35(29-33)47(48,49)50)31-43(39-18-7-10-21-42(39)52)53-40-19-8-5-16-37(40)38-17-6-9-20-41(38)53/h5-10,12-14,16-23,29-30,32,36,43H,3-4,11,15,24-28,31H2,1-2H3. The second-order valence-corrected chi connectivity index (χ2v) is 15.2. The van der Waals surface area contributed by atoms with Gasteiger partial charge in [0.25, 0.3) is 5.91 Å². The van der Waals surface area contributed by atoms with E-state index < -0.39 is 11.7 Å². The average molecular weight is 760 g/mol. The number of hydrogen-bond donors (Lipinski definition) is 0. The molecule has 6 aromatic rings. The molecule has 8 rings (SSSR count). The third-order valence-corrected chi connectivity index (χ3v) is 12.0. The van der Waals surface area contributed by atoms with Crippen LogP contribution in [0.2, 0.25) is 0 Å². The Kier molecular flexibility index (Phi) is 10.8. The van der Waals surface area contributed by atoms with E-state index in [2.05, 4.69) is 76.2 Å². The van der Waals surface area contributed by atoms with E-state index in [1.54, 1.807) is 26.4 Å². The number of benzene rings is 5. The second-order valence-electron chi connectivity index (χ2n) is 15.2. The molecule has 9 heteroatoms. The lowest BCUT2D eigenvalue weighted by molar-refractivity contribution is -0.137. The number of likely N-dealkylation sites (tertiary alicyclic amines) is 1. The van der Waals surface area contributed by atoms with Crippen LogP contribution in [0.25, 0.3) is 21.8 Å². The number of alkyl halides is 3. The van der Waals surface area contributed by atoms with Gasteiger partial charge in [0.15, 0.2) is 11.5 Å². The molecular formula is C47H48F3N3O3. The third-order valence-electron chi connectivity index (χ3n) is 12.0. The summed E-state index contributed by atoms with van der Waals surface area (Å²) in [6, 6.07) is 36.7. The van der Waals surface area contributed by atoms with Crippen molar-refractivity contribution in [2.24, 2.45) is 0 Å². The van der Waals surface area contributed by atoms with E-state index in [1.165, 1.54) is 33.9 Å². The molecule has 1 fully saturated rings. The highest BCUT2D eigenvalue weighted by atomic mass is 19.4. The zero-order valence-corrected chi connectivity index (χ0v) is 32.0. The lowest BCUT2D eigenvalue weighted by Gasteiger charge is -2.42. The summed E-state index contributed by atoms with van der Waals surface area (Å²) in [6.45, 7) is 2.73. The van der Waals surface area contributed by atoms with Gasteiger partial charge in [-0.05, 0) is 111 Å². The maximum Gasteiger partial charge on any atom is 0.416 e. The summed E-state index contributed by atoms with van der Waals surface area (Å²) in [7, 11) is 3.17. The highest BCUT2D eigenvalue weighted by Gasteiger charge is 2.38. The fourth-order valence-electron chi connectivity index (χ4n) is 9.19. The Balaban J connectivity index is 1.02. The minimum absolute atomic E-state index is 0.0218. The number of ether oxygens (including phenoxy) is 2. The van der Waals surface area contributed by atoms with Gasteiger partial charge in [0.2, 0.25) is 0 Å². The molecule has 1 saturated heterocycles. The van der Waals surface area contributed by atoms with Crippen molar-refractivity contribution in [1.29, 1.82) is 0 Å². The summed E-state index contributed by atoms with van der Waals surface area (Å²) >= 11 is 0. The third kappa shape index (κ3) is 7.37. The number of amides is 1. The van der Waals surface area contributed by atoms with Gasteiger partial charge in [0, 0.05) is 39.1 Å². The number of nitrogens with zero attached hydrogens (tertiary/aromatic N) is 3. The zero-order valence-electron chi connectivity index (χ0n) is 32.0. The molecule has 2 unspecified atom stereocenters. The first-order valence-corrected chi connectivity index (χ1v) is 19.8. The minimum atomic E-state index is -4.32. The number of aromatic nitrogens is 1. The van der Waals surface area contributed by atoms with Crippen LogP contribution in [0.5, 0.6) is 11.5 Å². The minimum Gasteiger partial charge on any atom is -0.493 e. The van der Waals surface area contributed by atoms with Gasteiger partial charge in [-0.25, -0.2) is 0 Å². The Morgan fingerprint density at radius 3 is 2.11 bits per heavy atom. The Morgan fingerprint density at radius 1 is 0.732 bits per heavy atom. The Morgan fingerprint density at radius 2 is 1.41 bits per heavy atom. The van der Waals surface area contributed by atoms with Gasteiger partial charge in [0.1, 0.15) is 0 Å².